The monoisotopic (exact) mass is 597 g/mol. The molecule has 1 fully saturated rings. The van der Waals surface area contributed by atoms with Crippen LogP contribution in [0.4, 0.5) is 10.3 Å². The summed E-state index contributed by atoms with van der Waals surface area (Å²) in [4.78, 5) is 64.4. The maximum atomic E-state index is 14.8. The first kappa shape index (κ1) is 31.8. The summed E-state index contributed by atoms with van der Waals surface area (Å²) in [5, 5.41) is 15.1. The first-order valence-electron chi connectivity index (χ1n) is 14.6. The van der Waals surface area contributed by atoms with E-state index in [9.17, 15) is 23.6 Å². The Morgan fingerprint density at radius 2 is 1.93 bits per heavy atom. The van der Waals surface area contributed by atoms with Crippen LogP contribution in [0, 0.1) is 11.7 Å². The highest BCUT2D eigenvalue weighted by Gasteiger charge is 2.37. The second-order valence-corrected chi connectivity index (χ2v) is 11.6. The SMILES string of the molecule is CC(C)[C@@H]1CN(Cc2cnc(N(C)CC(=O)O)nc2)CC(=O)NCCCc2ccc(F)c(c2)C(=O)N2CCC[C@H]2C(=O)N1. The number of likely N-dealkylation sites (N-methyl/N-ethyl adjacent to an activating group) is 1. The minimum atomic E-state index is -0.999. The summed E-state index contributed by atoms with van der Waals surface area (Å²) in [6, 6.07) is 3.41. The Kier molecular flexibility index (Phi) is 10.6. The van der Waals surface area contributed by atoms with Gasteiger partial charge in [0.25, 0.3) is 5.91 Å². The second-order valence-electron chi connectivity index (χ2n) is 11.6. The number of hydrogen-bond donors (Lipinski definition) is 3. The normalized spacial score (nSPS) is 20.8. The topological polar surface area (TPSA) is 148 Å². The molecule has 12 nitrogen and oxygen atoms in total. The number of nitrogens with zero attached hydrogens (tertiary/aromatic N) is 5. The van der Waals surface area contributed by atoms with Crippen molar-refractivity contribution in [2.75, 3.05) is 44.7 Å². The molecule has 232 valence electrons. The number of nitrogens with one attached hydrogen (secondary N) is 2. The highest BCUT2D eigenvalue weighted by Crippen LogP contribution is 2.23. The molecule has 3 N–H and O–H groups in total. The van der Waals surface area contributed by atoms with Gasteiger partial charge in [-0.05, 0) is 49.3 Å². The molecule has 2 aliphatic rings. The average Bonchev–Trinajstić information content (AvgIpc) is 3.45. The van der Waals surface area contributed by atoms with Crippen molar-refractivity contribution in [1.82, 2.24) is 30.4 Å². The van der Waals surface area contributed by atoms with Crippen molar-refractivity contribution in [1.29, 1.82) is 0 Å². The molecule has 0 spiro atoms. The van der Waals surface area contributed by atoms with E-state index in [1.165, 1.54) is 15.9 Å². The Bertz CT molecular complexity index is 1320. The predicted octanol–water partition coefficient (Wildman–Crippen LogP) is 1.45. The largest absolute Gasteiger partial charge is 0.480 e. The summed E-state index contributed by atoms with van der Waals surface area (Å²) < 4.78 is 14.8. The molecule has 0 aliphatic carbocycles. The lowest BCUT2D eigenvalue weighted by atomic mass is 10.0. The van der Waals surface area contributed by atoms with E-state index in [0.717, 1.165) is 5.56 Å². The van der Waals surface area contributed by atoms with Crippen molar-refractivity contribution in [3.63, 3.8) is 0 Å². The molecule has 0 unspecified atom stereocenters. The summed E-state index contributed by atoms with van der Waals surface area (Å²) >= 11 is 0. The molecule has 43 heavy (non-hydrogen) atoms. The fourth-order valence-corrected chi connectivity index (χ4v) is 5.43. The van der Waals surface area contributed by atoms with E-state index in [4.69, 9.17) is 5.11 Å². The molecule has 1 aromatic heterocycles. The summed E-state index contributed by atoms with van der Waals surface area (Å²) in [6.45, 7) is 5.19. The van der Waals surface area contributed by atoms with Gasteiger partial charge in [-0.3, -0.25) is 24.1 Å². The summed E-state index contributed by atoms with van der Waals surface area (Å²) in [7, 11) is 1.59. The molecule has 13 heteroatoms. The number of carbonyl (C=O) groups excluding carboxylic acids is 3. The number of carboxylic acid groups (broad SMARTS) is 1. The summed E-state index contributed by atoms with van der Waals surface area (Å²) in [6.07, 6.45) is 5.46. The lowest BCUT2D eigenvalue weighted by Gasteiger charge is -2.32. The maximum Gasteiger partial charge on any atom is 0.323 e. The van der Waals surface area contributed by atoms with Crippen LogP contribution < -0.4 is 15.5 Å². The van der Waals surface area contributed by atoms with Crippen LogP contribution in [0.15, 0.2) is 30.6 Å². The number of amides is 3. The molecule has 2 aliphatic heterocycles. The quantitative estimate of drug-likeness (QED) is 0.450. The Morgan fingerprint density at radius 3 is 2.63 bits per heavy atom. The van der Waals surface area contributed by atoms with Crippen LogP contribution in [0.1, 0.15) is 54.6 Å². The van der Waals surface area contributed by atoms with Crippen molar-refractivity contribution in [3.8, 4) is 0 Å². The third-order valence-electron chi connectivity index (χ3n) is 7.81. The smallest absolute Gasteiger partial charge is 0.323 e. The van der Waals surface area contributed by atoms with Gasteiger partial charge in [-0.25, -0.2) is 14.4 Å². The van der Waals surface area contributed by atoms with E-state index in [0.29, 0.717) is 57.4 Å². The number of aliphatic carboxylic acids is 1. The second kappa shape index (κ2) is 14.4. The fraction of sp³-hybridized carbons (Fsp3) is 0.533. The molecule has 0 radical (unpaired) electrons. The van der Waals surface area contributed by atoms with E-state index in [1.54, 1.807) is 31.6 Å². The lowest BCUT2D eigenvalue weighted by molar-refractivity contribution is -0.135. The number of rotatable bonds is 6. The van der Waals surface area contributed by atoms with E-state index >= 15 is 0 Å². The van der Waals surface area contributed by atoms with E-state index in [1.807, 2.05) is 18.7 Å². The molecule has 2 atom stereocenters. The minimum absolute atomic E-state index is 0.000398. The highest BCUT2D eigenvalue weighted by atomic mass is 19.1. The Labute approximate surface area is 250 Å². The molecule has 2 aromatic rings. The van der Waals surface area contributed by atoms with Gasteiger partial charge in [0.2, 0.25) is 17.8 Å². The molecular formula is C30H40FN7O5. The fourth-order valence-electron chi connectivity index (χ4n) is 5.43. The van der Waals surface area contributed by atoms with Gasteiger partial charge in [0.1, 0.15) is 18.4 Å². The number of anilines is 1. The third-order valence-corrected chi connectivity index (χ3v) is 7.81. The first-order chi connectivity index (χ1) is 20.5. The van der Waals surface area contributed by atoms with Crippen LogP contribution in [-0.2, 0) is 27.3 Å². The van der Waals surface area contributed by atoms with Crippen molar-refractivity contribution < 1.29 is 28.7 Å². The van der Waals surface area contributed by atoms with Gasteiger partial charge < -0.3 is 25.5 Å². The van der Waals surface area contributed by atoms with Crippen LogP contribution in [0.2, 0.25) is 0 Å². The number of halogens is 1. The van der Waals surface area contributed by atoms with Crippen molar-refractivity contribution in [2.45, 2.75) is 58.2 Å². The molecule has 2 bridgehead atoms. The number of carboxylic acids is 1. The molecule has 3 heterocycles. The average molecular weight is 598 g/mol. The van der Waals surface area contributed by atoms with Gasteiger partial charge in [-0.2, -0.15) is 0 Å². The van der Waals surface area contributed by atoms with Crippen LogP contribution >= 0.6 is 0 Å². The van der Waals surface area contributed by atoms with Crippen LogP contribution in [0.25, 0.3) is 0 Å². The third kappa shape index (κ3) is 8.46. The molecule has 1 aromatic carbocycles. The summed E-state index contributed by atoms with van der Waals surface area (Å²) in [5.41, 5.74) is 1.45. The Hall–Kier alpha value is -4.13. The van der Waals surface area contributed by atoms with Gasteiger partial charge in [0.15, 0.2) is 0 Å². The van der Waals surface area contributed by atoms with Crippen molar-refractivity contribution in [2.24, 2.45) is 5.92 Å². The van der Waals surface area contributed by atoms with Crippen molar-refractivity contribution in [3.05, 3.63) is 53.1 Å². The molecule has 0 saturated carbocycles. The van der Waals surface area contributed by atoms with Gasteiger partial charge in [-0.15, -0.1) is 0 Å². The zero-order valence-corrected chi connectivity index (χ0v) is 24.9. The predicted molar refractivity (Wildman–Crippen MR) is 157 cm³/mol. The Balaban J connectivity index is 1.57. The zero-order chi connectivity index (χ0) is 31.1. The van der Waals surface area contributed by atoms with Gasteiger partial charge in [0, 0.05) is 57.2 Å². The molecule has 1 saturated heterocycles. The Morgan fingerprint density at radius 1 is 1.19 bits per heavy atom. The lowest BCUT2D eigenvalue weighted by Crippen LogP contribution is -2.53. The number of carbonyl (C=O) groups is 4. The first-order valence-corrected chi connectivity index (χ1v) is 14.6. The van der Waals surface area contributed by atoms with Crippen LogP contribution in [-0.4, -0.2) is 100 Å². The zero-order valence-electron chi connectivity index (χ0n) is 24.9. The number of aromatic nitrogens is 2. The van der Waals surface area contributed by atoms with E-state index < -0.39 is 23.7 Å². The van der Waals surface area contributed by atoms with Gasteiger partial charge in [0.05, 0.1) is 12.1 Å². The molecule has 4 rings (SSSR count). The maximum absolute atomic E-state index is 14.8. The van der Waals surface area contributed by atoms with E-state index in [-0.39, 0.29) is 48.4 Å². The van der Waals surface area contributed by atoms with Crippen molar-refractivity contribution >= 4 is 29.6 Å². The van der Waals surface area contributed by atoms with Gasteiger partial charge in [-0.1, -0.05) is 19.9 Å². The standard InChI is InChI=1S/C30H40FN7O5/c1-19(2)24-16-37(15-21-13-33-30(34-14-21)36(3)18-27(40)41)17-26(39)32-10-4-6-20-8-9-23(31)22(12-20)29(43)38-11-5-7-25(38)28(42)35-24/h8-9,12-14,19,24-25H,4-7,10-11,15-18H2,1-3H3,(H,32,39)(H,35,42)(H,40,41)/t24-,25-/m0/s1. The molecular weight excluding hydrogens is 557 g/mol. The molecule has 3 amide bonds. The number of fused-ring (bicyclic) bond motifs is 3. The summed E-state index contributed by atoms with van der Waals surface area (Å²) in [5.74, 6) is -2.33. The van der Waals surface area contributed by atoms with Crippen LogP contribution in [0.5, 0.6) is 0 Å². The number of hydrogen-bond acceptors (Lipinski definition) is 8. The van der Waals surface area contributed by atoms with Crippen LogP contribution in [0.3, 0.4) is 0 Å². The number of benzene rings is 1. The van der Waals surface area contributed by atoms with Gasteiger partial charge >= 0.3 is 5.97 Å². The highest BCUT2D eigenvalue weighted by molar-refractivity contribution is 5.98. The van der Waals surface area contributed by atoms with E-state index in [2.05, 4.69) is 20.6 Å². The number of aryl methyl sites for hydroxylation is 1. The minimum Gasteiger partial charge on any atom is -0.480 e.